The van der Waals surface area contributed by atoms with Crippen LogP contribution in [0, 0.1) is 0 Å². The summed E-state index contributed by atoms with van der Waals surface area (Å²) in [5.74, 6) is 0.591. The molecule has 18 heavy (non-hydrogen) atoms. The fourth-order valence-corrected chi connectivity index (χ4v) is 2.53. The molecule has 0 amide bonds. The summed E-state index contributed by atoms with van der Waals surface area (Å²) in [6.45, 7) is 4.40. The third-order valence-corrected chi connectivity index (χ3v) is 4.22. The van der Waals surface area contributed by atoms with Crippen LogP contribution in [-0.4, -0.2) is 15.9 Å². The SMILES string of the molecule is CCC(C)c1ccc(CCCCP(=O)(O)O)cc1. The molecule has 1 aromatic rings. The van der Waals surface area contributed by atoms with E-state index in [9.17, 15) is 4.57 Å². The van der Waals surface area contributed by atoms with E-state index in [2.05, 4.69) is 38.1 Å². The molecule has 1 rings (SSSR count). The quantitative estimate of drug-likeness (QED) is 0.586. The van der Waals surface area contributed by atoms with Crippen LogP contribution in [-0.2, 0) is 11.0 Å². The van der Waals surface area contributed by atoms with E-state index in [1.54, 1.807) is 0 Å². The first-order chi connectivity index (χ1) is 8.42. The van der Waals surface area contributed by atoms with Crippen molar-refractivity contribution in [2.75, 3.05) is 6.16 Å². The Hall–Kier alpha value is -0.630. The van der Waals surface area contributed by atoms with Gasteiger partial charge in [-0.15, -0.1) is 0 Å². The summed E-state index contributed by atoms with van der Waals surface area (Å²) in [4.78, 5) is 17.5. The fourth-order valence-electron chi connectivity index (χ4n) is 1.90. The highest BCUT2D eigenvalue weighted by molar-refractivity contribution is 7.51. The second-order valence-electron chi connectivity index (χ2n) is 4.90. The van der Waals surface area contributed by atoms with Crippen molar-refractivity contribution in [3.8, 4) is 0 Å². The average molecular weight is 270 g/mol. The molecule has 1 atom stereocenters. The van der Waals surface area contributed by atoms with Gasteiger partial charge in [-0.3, -0.25) is 4.57 Å². The number of unbranched alkanes of at least 4 members (excludes halogenated alkanes) is 1. The summed E-state index contributed by atoms with van der Waals surface area (Å²) in [5, 5.41) is 0. The van der Waals surface area contributed by atoms with Gasteiger partial charge in [0, 0.05) is 6.16 Å². The first-order valence-corrected chi connectivity index (χ1v) is 8.35. The van der Waals surface area contributed by atoms with Gasteiger partial charge >= 0.3 is 7.60 Å². The van der Waals surface area contributed by atoms with E-state index in [1.165, 1.54) is 11.1 Å². The molecule has 0 aromatic heterocycles. The van der Waals surface area contributed by atoms with E-state index in [4.69, 9.17) is 9.79 Å². The number of hydrogen-bond donors (Lipinski definition) is 2. The van der Waals surface area contributed by atoms with Crippen molar-refractivity contribution in [2.45, 2.75) is 45.4 Å². The van der Waals surface area contributed by atoms with E-state index >= 15 is 0 Å². The predicted octanol–water partition coefficient (Wildman–Crippen LogP) is 3.70. The predicted molar refractivity (Wildman–Crippen MR) is 75.0 cm³/mol. The molecule has 0 heterocycles. The summed E-state index contributed by atoms with van der Waals surface area (Å²) in [6.07, 6.45) is 3.44. The van der Waals surface area contributed by atoms with Gasteiger partial charge in [0.15, 0.2) is 0 Å². The highest BCUT2D eigenvalue weighted by Crippen LogP contribution is 2.35. The summed E-state index contributed by atoms with van der Waals surface area (Å²) >= 11 is 0. The lowest BCUT2D eigenvalue weighted by atomic mass is 9.96. The van der Waals surface area contributed by atoms with E-state index in [-0.39, 0.29) is 6.16 Å². The van der Waals surface area contributed by atoms with E-state index in [1.807, 2.05) is 0 Å². The van der Waals surface area contributed by atoms with Gasteiger partial charge < -0.3 is 9.79 Å². The lowest BCUT2D eigenvalue weighted by molar-refractivity contribution is 0.371. The molecule has 1 aromatic carbocycles. The van der Waals surface area contributed by atoms with Crippen LogP contribution in [0.5, 0.6) is 0 Å². The molecule has 0 aliphatic carbocycles. The molecule has 2 N–H and O–H groups in total. The second kappa shape index (κ2) is 7.08. The highest BCUT2D eigenvalue weighted by Gasteiger charge is 2.11. The Kier molecular flexibility index (Phi) is 6.07. The smallest absolute Gasteiger partial charge is 0.324 e. The van der Waals surface area contributed by atoms with Crippen LogP contribution in [0.4, 0.5) is 0 Å². The van der Waals surface area contributed by atoms with Crippen molar-refractivity contribution < 1.29 is 14.4 Å². The fraction of sp³-hybridized carbons (Fsp3) is 0.571. The molecule has 0 saturated heterocycles. The Morgan fingerprint density at radius 1 is 1.17 bits per heavy atom. The molecule has 0 aliphatic rings. The number of hydrogen-bond acceptors (Lipinski definition) is 1. The molecule has 0 bridgehead atoms. The van der Waals surface area contributed by atoms with Gasteiger partial charge in [-0.2, -0.15) is 0 Å². The monoisotopic (exact) mass is 270 g/mol. The topological polar surface area (TPSA) is 57.5 Å². The summed E-state index contributed by atoms with van der Waals surface area (Å²) in [6, 6.07) is 8.57. The van der Waals surface area contributed by atoms with Gasteiger partial charge in [-0.1, -0.05) is 38.1 Å². The maximum Gasteiger partial charge on any atom is 0.325 e. The van der Waals surface area contributed by atoms with Crippen molar-refractivity contribution in [3.05, 3.63) is 35.4 Å². The first-order valence-electron chi connectivity index (χ1n) is 6.56. The zero-order valence-electron chi connectivity index (χ0n) is 11.2. The van der Waals surface area contributed by atoms with Crippen LogP contribution < -0.4 is 0 Å². The maximum absolute atomic E-state index is 10.7. The standard InChI is InChI=1S/C14H23O3P/c1-3-12(2)14-9-7-13(8-10-14)6-4-5-11-18(15,16)17/h7-10,12H,3-6,11H2,1-2H3,(H2,15,16,17). The van der Waals surface area contributed by atoms with Crippen molar-refractivity contribution in [1.29, 1.82) is 0 Å². The van der Waals surface area contributed by atoms with Crippen LogP contribution in [0.1, 0.15) is 50.2 Å². The molecule has 1 unspecified atom stereocenters. The lowest BCUT2D eigenvalue weighted by Gasteiger charge is -2.09. The Bertz CT molecular complexity index is 394. The van der Waals surface area contributed by atoms with Crippen molar-refractivity contribution in [2.24, 2.45) is 0 Å². The Morgan fingerprint density at radius 3 is 2.28 bits per heavy atom. The number of benzene rings is 1. The Labute approximate surface area is 109 Å². The lowest BCUT2D eigenvalue weighted by Crippen LogP contribution is -1.94. The van der Waals surface area contributed by atoms with Gasteiger partial charge in [0.1, 0.15) is 0 Å². The first kappa shape index (κ1) is 15.4. The van der Waals surface area contributed by atoms with Crippen LogP contribution >= 0.6 is 7.60 Å². The number of rotatable bonds is 7. The molecule has 3 nitrogen and oxygen atoms in total. The van der Waals surface area contributed by atoms with Crippen LogP contribution in [0.3, 0.4) is 0 Å². The molecule has 0 radical (unpaired) electrons. The second-order valence-corrected chi connectivity index (χ2v) is 6.67. The van der Waals surface area contributed by atoms with Gasteiger partial charge in [0.25, 0.3) is 0 Å². The third kappa shape index (κ3) is 5.81. The van der Waals surface area contributed by atoms with Crippen molar-refractivity contribution in [1.82, 2.24) is 0 Å². The van der Waals surface area contributed by atoms with Crippen molar-refractivity contribution >= 4 is 7.60 Å². The molecule has 0 fully saturated rings. The Morgan fingerprint density at radius 2 is 1.78 bits per heavy atom. The van der Waals surface area contributed by atoms with Crippen LogP contribution in [0.25, 0.3) is 0 Å². The minimum absolute atomic E-state index is 0.00203. The van der Waals surface area contributed by atoms with E-state index in [0.29, 0.717) is 12.3 Å². The largest absolute Gasteiger partial charge is 0.325 e. The molecule has 0 aliphatic heterocycles. The van der Waals surface area contributed by atoms with E-state index < -0.39 is 7.60 Å². The normalized spacial score (nSPS) is 13.6. The van der Waals surface area contributed by atoms with Gasteiger partial charge in [-0.05, 0) is 42.7 Å². The summed E-state index contributed by atoms with van der Waals surface area (Å²) in [5.41, 5.74) is 2.60. The summed E-state index contributed by atoms with van der Waals surface area (Å²) < 4.78 is 10.7. The summed E-state index contributed by atoms with van der Waals surface area (Å²) in [7, 11) is -3.81. The van der Waals surface area contributed by atoms with Gasteiger partial charge in [0.2, 0.25) is 0 Å². The molecule has 4 heteroatoms. The van der Waals surface area contributed by atoms with E-state index in [0.717, 1.165) is 19.3 Å². The van der Waals surface area contributed by atoms with Crippen LogP contribution in [0.2, 0.25) is 0 Å². The van der Waals surface area contributed by atoms with Gasteiger partial charge in [-0.25, -0.2) is 0 Å². The molecule has 102 valence electrons. The third-order valence-electron chi connectivity index (χ3n) is 3.33. The minimum atomic E-state index is -3.81. The highest BCUT2D eigenvalue weighted by atomic mass is 31.2. The number of aryl methyl sites for hydroxylation is 1. The molecular formula is C14H23O3P. The zero-order valence-corrected chi connectivity index (χ0v) is 12.1. The average Bonchev–Trinajstić information content (AvgIpc) is 2.33. The maximum atomic E-state index is 10.7. The van der Waals surface area contributed by atoms with Crippen LogP contribution in [0.15, 0.2) is 24.3 Å². The Balaban J connectivity index is 2.38. The minimum Gasteiger partial charge on any atom is -0.324 e. The molecular weight excluding hydrogens is 247 g/mol. The molecule has 0 spiro atoms. The zero-order chi connectivity index (χ0) is 13.6. The molecule has 0 saturated carbocycles. The van der Waals surface area contributed by atoms with Gasteiger partial charge in [0.05, 0.1) is 0 Å². The van der Waals surface area contributed by atoms with Crippen molar-refractivity contribution in [3.63, 3.8) is 0 Å².